The minimum Gasteiger partial charge on any atom is -0.348 e. The molecule has 3 aromatic rings. The Morgan fingerprint density at radius 1 is 1.25 bits per heavy atom. The van der Waals surface area contributed by atoms with Crippen LogP contribution in [0, 0.1) is 6.92 Å². The van der Waals surface area contributed by atoms with Crippen LogP contribution < -0.4 is 15.8 Å². The monoisotopic (exact) mass is 381 g/mol. The molecule has 0 radical (unpaired) electrons. The topological polar surface area (TPSA) is 110 Å². The van der Waals surface area contributed by atoms with E-state index in [1.54, 1.807) is 11.1 Å². The van der Waals surface area contributed by atoms with Crippen molar-refractivity contribution in [3.63, 3.8) is 0 Å². The molecule has 2 amide bonds. The molecule has 1 aliphatic rings. The molecule has 28 heavy (non-hydrogen) atoms. The summed E-state index contributed by atoms with van der Waals surface area (Å²) in [5, 5.41) is 3.00. The van der Waals surface area contributed by atoms with Crippen molar-refractivity contribution >= 4 is 22.9 Å². The van der Waals surface area contributed by atoms with Crippen LogP contribution in [0.4, 0.5) is 10.6 Å². The van der Waals surface area contributed by atoms with Crippen LogP contribution in [0.25, 0.3) is 11.0 Å². The molecule has 9 heteroatoms. The van der Waals surface area contributed by atoms with Crippen molar-refractivity contribution in [1.29, 1.82) is 0 Å². The summed E-state index contributed by atoms with van der Waals surface area (Å²) in [6.45, 7) is 6.11. The Kier molecular flexibility index (Phi) is 4.72. The van der Waals surface area contributed by atoms with E-state index in [0.717, 1.165) is 22.4 Å². The van der Waals surface area contributed by atoms with Crippen molar-refractivity contribution in [1.82, 2.24) is 30.2 Å². The van der Waals surface area contributed by atoms with Crippen LogP contribution >= 0.6 is 0 Å². The zero-order chi connectivity index (χ0) is 19.7. The third kappa shape index (κ3) is 3.55. The summed E-state index contributed by atoms with van der Waals surface area (Å²) >= 11 is 0. The van der Waals surface area contributed by atoms with Gasteiger partial charge in [0.25, 0.3) is 5.56 Å². The second kappa shape index (κ2) is 7.34. The zero-order valence-corrected chi connectivity index (χ0v) is 15.9. The van der Waals surface area contributed by atoms with Crippen LogP contribution in [0.5, 0.6) is 0 Å². The summed E-state index contributed by atoms with van der Waals surface area (Å²) in [5.41, 5.74) is 2.79. The molecule has 0 bridgehead atoms. The highest BCUT2D eigenvalue weighted by molar-refractivity contribution is 5.77. The third-order valence-electron chi connectivity index (χ3n) is 4.96. The Bertz CT molecular complexity index is 1050. The maximum atomic E-state index is 12.6. The smallest absolute Gasteiger partial charge is 0.318 e. The first-order valence-electron chi connectivity index (χ1n) is 9.31. The van der Waals surface area contributed by atoms with Gasteiger partial charge in [-0.15, -0.1) is 0 Å². The molecule has 9 nitrogen and oxygen atoms in total. The number of carbonyl (C=O) groups excluding carboxylic acids is 1. The second-order valence-corrected chi connectivity index (χ2v) is 7.03. The second-order valence-electron chi connectivity index (χ2n) is 7.03. The van der Waals surface area contributed by atoms with Crippen LogP contribution in [0.1, 0.15) is 24.4 Å². The van der Waals surface area contributed by atoms with Crippen molar-refractivity contribution in [3.05, 3.63) is 52.3 Å². The molecule has 0 spiro atoms. The number of imidazole rings is 1. The number of anilines is 1. The molecule has 4 rings (SSSR count). The van der Waals surface area contributed by atoms with E-state index in [1.165, 1.54) is 6.20 Å². The Balaban J connectivity index is 1.37. The van der Waals surface area contributed by atoms with Crippen molar-refractivity contribution in [2.75, 3.05) is 31.1 Å². The number of amides is 2. The molecule has 3 N–H and O–H groups in total. The van der Waals surface area contributed by atoms with E-state index in [-0.39, 0.29) is 17.6 Å². The average Bonchev–Trinajstić information content (AvgIpc) is 3.12. The molecule has 0 unspecified atom stereocenters. The number of aryl methyl sites for hydroxylation is 1. The Morgan fingerprint density at radius 3 is 2.79 bits per heavy atom. The highest BCUT2D eigenvalue weighted by Gasteiger charge is 2.24. The number of urea groups is 1. The van der Waals surface area contributed by atoms with Gasteiger partial charge in [0.05, 0.1) is 17.1 Å². The number of hydrogen-bond acceptors (Lipinski definition) is 5. The molecule has 1 atom stereocenters. The highest BCUT2D eigenvalue weighted by atomic mass is 16.2. The number of nitrogens with one attached hydrogen (secondary N) is 3. The summed E-state index contributed by atoms with van der Waals surface area (Å²) in [5.74, 6) is 1.13. The minimum absolute atomic E-state index is 0.140. The van der Waals surface area contributed by atoms with Gasteiger partial charge in [0.1, 0.15) is 5.82 Å². The first kappa shape index (κ1) is 18.0. The van der Waals surface area contributed by atoms with Crippen LogP contribution in [-0.2, 0) is 0 Å². The van der Waals surface area contributed by atoms with Gasteiger partial charge in [-0.2, -0.15) is 0 Å². The van der Waals surface area contributed by atoms with E-state index in [9.17, 15) is 9.59 Å². The van der Waals surface area contributed by atoms with Crippen molar-refractivity contribution in [3.8, 4) is 0 Å². The molecule has 2 aromatic heterocycles. The summed E-state index contributed by atoms with van der Waals surface area (Å²) in [6.07, 6.45) is 3.07. The summed E-state index contributed by atoms with van der Waals surface area (Å²) in [7, 11) is 0. The van der Waals surface area contributed by atoms with Gasteiger partial charge in [-0.1, -0.05) is 6.07 Å². The predicted molar refractivity (Wildman–Crippen MR) is 106 cm³/mol. The van der Waals surface area contributed by atoms with Gasteiger partial charge in [0.2, 0.25) is 0 Å². The van der Waals surface area contributed by atoms with Gasteiger partial charge in [0.15, 0.2) is 5.82 Å². The molecule has 0 aliphatic carbocycles. The lowest BCUT2D eigenvalue weighted by Crippen LogP contribution is -2.53. The number of rotatable bonds is 3. The fourth-order valence-corrected chi connectivity index (χ4v) is 3.38. The van der Waals surface area contributed by atoms with Gasteiger partial charge in [-0.05, 0) is 31.5 Å². The molecule has 1 aromatic carbocycles. The molecular formula is C19H23N7O2. The van der Waals surface area contributed by atoms with E-state index in [2.05, 4.69) is 25.3 Å². The quantitative estimate of drug-likeness (QED) is 0.638. The fraction of sp³-hybridized carbons (Fsp3) is 0.368. The summed E-state index contributed by atoms with van der Waals surface area (Å²) < 4.78 is 0. The molecule has 1 fully saturated rings. The Hall–Kier alpha value is -3.36. The van der Waals surface area contributed by atoms with Gasteiger partial charge in [-0.25, -0.2) is 14.8 Å². The average molecular weight is 381 g/mol. The first-order valence-corrected chi connectivity index (χ1v) is 9.31. The van der Waals surface area contributed by atoms with E-state index in [4.69, 9.17) is 0 Å². The number of piperazine rings is 1. The zero-order valence-electron chi connectivity index (χ0n) is 15.9. The molecule has 1 saturated heterocycles. The van der Waals surface area contributed by atoms with Crippen LogP contribution in [0.3, 0.4) is 0 Å². The number of fused-ring (bicyclic) bond motifs is 1. The van der Waals surface area contributed by atoms with E-state index < -0.39 is 0 Å². The highest BCUT2D eigenvalue weighted by Crippen LogP contribution is 2.18. The number of aromatic nitrogens is 4. The SMILES string of the molecule is Cc1ccc2nc([C@H](C)NC(=O)N3CCN(c4ncc[nH]c4=O)CC3)[nH]c2c1. The van der Waals surface area contributed by atoms with Crippen molar-refractivity contribution in [2.45, 2.75) is 19.9 Å². The maximum Gasteiger partial charge on any atom is 0.318 e. The predicted octanol–water partition coefficient (Wildman–Crippen LogP) is 1.55. The first-order chi connectivity index (χ1) is 13.5. The maximum absolute atomic E-state index is 12.6. The number of aromatic amines is 2. The molecule has 3 heterocycles. The van der Waals surface area contributed by atoms with Crippen LogP contribution in [0.2, 0.25) is 0 Å². The van der Waals surface area contributed by atoms with Crippen molar-refractivity contribution in [2.24, 2.45) is 0 Å². The van der Waals surface area contributed by atoms with E-state index in [1.807, 2.05) is 36.9 Å². The van der Waals surface area contributed by atoms with Crippen LogP contribution in [0.15, 0.2) is 35.4 Å². The molecule has 0 saturated carbocycles. The number of nitrogens with zero attached hydrogens (tertiary/aromatic N) is 4. The fourth-order valence-electron chi connectivity index (χ4n) is 3.38. The third-order valence-corrected chi connectivity index (χ3v) is 4.96. The lowest BCUT2D eigenvalue weighted by atomic mass is 10.2. The van der Waals surface area contributed by atoms with Gasteiger partial charge < -0.3 is 25.1 Å². The number of carbonyl (C=O) groups is 1. The number of H-pyrrole nitrogens is 2. The summed E-state index contributed by atoms with van der Waals surface area (Å²) in [4.78, 5) is 42.8. The van der Waals surface area contributed by atoms with E-state index in [0.29, 0.717) is 32.0 Å². The Morgan fingerprint density at radius 2 is 2.04 bits per heavy atom. The normalized spacial score (nSPS) is 15.6. The largest absolute Gasteiger partial charge is 0.348 e. The van der Waals surface area contributed by atoms with Crippen molar-refractivity contribution < 1.29 is 4.79 Å². The van der Waals surface area contributed by atoms with Gasteiger partial charge in [0, 0.05) is 38.6 Å². The molecule has 146 valence electrons. The standard InChI is InChI=1S/C19H23N7O2/c1-12-3-4-14-15(11-12)24-16(23-14)13(2)22-19(28)26-9-7-25(8-10-26)17-18(27)21-6-5-20-17/h3-6,11,13H,7-10H2,1-2H3,(H,21,27)(H,22,28)(H,23,24)/t13-/m0/s1. The lowest BCUT2D eigenvalue weighted by Gasteiger charge is -2.35. The summed E-state index contributed by atoms with van der Waals surface area (Å²) in [6, 6.07) is 5.65. The minimum atomic E-state index is -0.239. The number of hydrogen-bond donors (Lipinski definition) is 3. The molecule has 1 aliphatic heterocycles. The van der Waals surface area contributed by atoms with Crippen LogP contribution in [-0.4, -0.2) is 57.0 Å². The Labute approximate surface area is 161 Å². The lowest BCUT2D eigenvalue weighted by molar-refractivity contribution is 0.190. The van der Waals surface area contributed by atoms with E-state index >= 15 is 0 Å². The van der Waals surface area contributed by atoms with Gasteiger partial charge >= 0.3 is 6.03 Å². The number of benzene rings is 1. The molecular weight excluding hydrogens is 358 g/mol. The van der Waals surface area contributed by atoms with Gasteiger partial charge in [-0.3, -0.25) is 4.79 Å².